The Morgan fingerprint density at radius 3 is 2.29 bits per heavy atom. The van der Waals surface area contributed by atoms with Gasteiger partial charge in [0.25, 0.3) is 9.05 Å². The molecule has 118 valence electrons. The molecule has 0 saturated carbocycles. The van der Waals surface area contributed by atoms with E-state index in [1.54, 1.807) is 6.92 Å². The Kier molecular flexibility index (Phi) is 4.36. The van der Waals surface area contributed by atoms with Crippen molar-refractivity contribution in [2.45, 2.75) is 36.1 Å². The molecular formula is C12H15ClFNO4S2. The molecule has 1 fully saturated rings. The van der Waals surface area contributed by atoms with Gasteiger partial charge in [-0.05, 0) is 37.5 Å². The highest BCUT2D eigenvalue weighted by molar-refractivity contribution is 8.13. The molecule has 2 rings (SSSR count). The standard InChI is InChI=1S/C12H15ClFNO4S2/c1-8-5-9(2)15(7-8)21(18,19)12-4-3-10(6-11(12)14)20(13,16)17/h3-4,6,8-9H,5,7H2,1-2H3. The lowest BCUT2D eigenvalue weighted by Gasteiger charge is -2.21. The molecule has 21 heavy (non-hydrogen) atoms. The van der Waals surface area contributed by atoms with E-state index in [2.05, 4.69) is 0 Å². The van der Waals surface area contributed by atoms with Crippen molar-refractivity contribution in [2.75, 3.05) is 6.54 Å². The second-order valence-electron chi connectivity index (χ2n) is 5.29. The first-order valence-electron chi connectivity index (χ1n) is 6.29. The fourth-order valence-electron chi connectivity index (χ4n) is 2.57. The lowest BCUT2D eigenvalue weighted by Crippen LogP contribution is -2.34. The Morgan fingerprint density at radius 2 is 1.86 bits per heavy atom. The van der Waals surface area contributed by atoms with Crippen molar-refractivity contribution in [2.24, 2.45) is 5.92 Å². The normalized spacial score (nSPS) is 24.4. The van der Waals surface area contributed by atoms with Crippen LogP contribution in [0.2, 0.25) is 0 Å². The molecule has 0 amide bonds. The SMILES string of the molecule is CC1CC(C)N(S(=O)(=O)c2ccc(S(=O)(=O)Cl)cc2F)C1. The highest BCUT2D eigenvalue weighted by Crippen LogP contribution is 2.31. The summed E-state index contributed by atoms with van der Waals surface area (Å²) in [6.45, 7) is 4.00. The molecule has 1 saturated heterocycles. The van der Waals surface area contributed by atoms with Gasteiger partial charge in [0.05, 0.1) is 4.90 Å². The maximum absolute atomic E-state index is 14.0. The van der Waals surface area contributed by atoms with Gasteiger partial charge in [0.1, 0.15) is 10.7 Å². The zero-order valence-electron chi connectivity index (χ0n) is 11.5. The van der Waals surface area contributed by atoms with Gasteiger partial charge in [0.15, 0.2) is 0 Å². The van der Waals surface area contributed by atoms with E-state index in [-0.39, 0.29) is 12.0 Å². The smallest absolute Gasteiger partial charge is 0.207 e. The average molecular weight is 356 g/mol. The van der Waals surface area contributed by atoms with Crippen molar-refractivity contribution < 1.29 is 21.2 Å². The number of hydrogen-bond donors (Lipinski definition) is 0. The minimum atomic E-state index is -4.10. The lowest BCUT2D eigenvalue weighted by atomic mass is 10.1. The Labute approximate surface area is 128 Å². The second-order valence-corrected chi connectivity index (χ2v) is 9.72. The molecule has 1 aliphatic heterocycles. The third-order valence-corrected chi connectivity index (χ3v) is 6.86. The fourth-order valence-corrected chi connectivity index (χ4v) is 5.14. The van der Waals surface area contributed by atoms with E-state index >= 15 is 0 Å². The van der Waals surface area contributed by atoms with Crippen molar-refractivity contribution in [1.29, 1.82) is 0 Å². The van der Waals surface area contributed by atoms with Gasteiger partial charge in [-0.2, -0.15) is 4.31 Å². The molecule has 1 aromatic carbocycles. The molecule has 0 N–H and O–H groups in total. The van der Waals surface area contributed by atoms with Crippen LogP contribution in [0, 0.1) is 11.7 Å². The summed E-state index contributed by atoms with van der Waals surface area (Å²) in [4.78, 5) is -1.00. The maximum Gasteiger partial charge on any atom is 0.261 e. The minimum Gasteiger partial charge on any atom is -0.207 e. The van der Waals surface area contributed by atoms with E-state index in [4.69, 9.17) is 10.7 Å². The molecule has 0 aliphatic carbocycles. The van der Waals surface area contributed by atoms with Gasteiger partial charge in [0, 0.05) is 23.3 Å². The molecule has 0 bridgehead atoms. The van der Waals surface area contributed by atoms with Gasteiger partial charge in [0.2, 0.25) is 10.0 Å². The van der Waals surface area contributed by atoms with E-state index in [1.807, 2.05) is 6.92 Å². The Bertz CT molecular complexity index is 763. The molecule has 1 aliphatic rings. The van der Waals surface area contributed by atoms with Gasteiger partial charge < -0.3 is 0 Å². The predicted molar refractivity (Wildman–Crippen MR) is 76.6 cm³/mol. The highest BCUT2D eigenvalue weighted by atomic mass is 35.7. The number of hydrogen-bond acceptors (Lipinski definition) is 4. The first-order chi connectivity index (χ1) is 9.53. The van der Waals surface area contributed by atoms with Crippen LogP contribution in [0.5, 0.6) is 0 Å². The lowest BCUT2D eigenvalue weighted by molar-refractivity contribution is 0.402. The third kappa shape index (κ3) is 3.23. The van der Waals surface area contributed by atoms with Crippen LogP contribution in [0.3, 0.4) is 0 Å². The first-order valence-corrected chi connectivity index (χ1v) is 10.0. The topological polar surface area (TPSA) is 71.5 Å². The van der Waals surface area contributed by atoms with Crippen LogP contribution in [0.1, 0.15) is 20.3 Å². The summed E-state index contributed by atoms with van der Waals surface area (Å²) in [6, 6.07) is 2.33. The molecule has 0 aromatic heterocycles. The summed E-state index contributed by atoms with van der Waals surface area (Å²) >= 11 is 0. The predicted octanol–water partition coefficient (Wildman–Crippen LogP) is 2.17. The average Bonchev–Trinajstić information content (AvgIpc) is 2.67. The van der Waals surface area contributed by atoms with Crippen LogP contribution in [-0.2, 0) is 19.1 Å². The molecule has 1 aromatic rings. The molecule has 9 heteroatoms. The van der Waals surface area contributed by atoms with E-state index < -0.39 is 34.7 Å². The van der Waals surface area contributed by atoms with Crippen LogP contribution >= 0.6 is 10.7 Å². The maximum atomic E-state index is 14.0. The van der Waals surface area contributed by atoms with Crippen molar-refractivity contribution in [3.63, 3.8) is 0 Å². The summed E-state index contributed by atoms with van der Waals surface area (Å²) in [5.41, 5.74) is 0. The molecular weight excluding hydrogens is 341 g/mol. The largest absolute Gasteiger partial charge is 0.261 e. The van der Waals surface area contributed by atoms with Crippen molar-refractivity contribution in [3.05, 3.63) is 24.0 Å². The first kappa shape index (κ1) is 16.7. The minimum absolute atomic E-state index is 0.195. The van der Waals surface area contributed by atoms with Gasteiger partial charge in [-0.25, -0.2) is 21.2 Å². The Balaban J connectivity index is 2.47. The fraction of sp³-hybridized carbons (Fsp3) is 0.500. The van der Waals surface area contributed by atoms with Crippen molar-refractivity contribution in [1.82, 2.24) is 4.31 Å². The summed E-state index contributed by atoms with van der Waals surface area (Å²) in [5.74, 6) is -0.927. The van der Waals surface area contributed by atoms with Crippen LogP contribution in [0.15, 0.2) is 28.0 Å². The molecule has 0 spiro atoms. The quantitative estimate of drug-likeness (QED) is 0.779. The number of nitrogens with zero attached hydrogens (tertiary/aromatic N) is 1. The van der Waals surface area contributed by atoms with Gasteiger partial charge in [-0.1, -0.05) is 6.92 Å². The van der Waals surface area contributed by atoms with Crippen molar-refractivity contribution >= 4 is 29.8 Å². The molecule has 5 nitrogen and oxygen atoms in total. The van der Waals surface area contributed by atoms with Crippen molar-refractivity contribution in [3.8, 4) is 0 Å². The van der Waals surface area contributed by atoms with Crippen LogP contribution in [-0.4, -0.2) is 33.7 Å². The molecule has 0 radical (unpaired) electrons. The van der Waals surface area contributed by atoms with E-state index in [0.29, 0.717) is 19.0 Å². The third-order valence-electron chi connectivity index (χ3n) is 3.50. The zero-order valence-corrected chi connectivity index (χ0v) is 13.8. The Morgan fingerprint density at radius 1 is 1.24 bits per heavy atom. The molecule has 2 unspecified atom stereocenters. The number of rotatable bonds is 3. The monoisotopic (exact) mass is 355 g/mol. The number of sulfonamides is 1. The van der Waals surface area contributed by atoms with E-state index in [1.165, 1.54) is 4.31 Å². The Hall–Kier alpha value is -0.700. The number of benzene rings is 1. The summed E-state index contributed by atoms with van der Waals surface area (Å²) in [5, 5.41) is 0. The van der Waals surface area contributed by atoms with Gasteiger partial charge in [-0.15, -0.1) is 0 Å². The molecule has 1 heterocycles. The van der Waals surface area contributed by atoms with E-state index in [9.17, 15) is 21.2 Å². The number of halogens is 2. The molecule has 2 atom stereocenters. The van der Waals surface area contributed by atoms with E-state index in [0.717, 1.165) is 12.1 Å². The highest BCUT2D eigenvalue weighted by Gasteiger charge is 2.37. The van der Waals surface area contributed by atoms with Gasteiger partial charge >= 0.3 is 0 Å². The van der Waals surface area contributed by atoms with Crippen LogP contribution in [0.4, 0.5) is 4.39 Å². The van der Waals surface area contributed by atoms with Gasteiger partial charge in [-0.3, -0.25) is 0 Å². The van der Waals surface area contributed by atoms with Crippen LogP contribution in [0.25, 0.3) is 0 Å². The summed E-state index contributed by atoms with van der Waals surface area (Å²) < 4.78 is 62.5. The van der Waals surface area contributed by atoms with Crippen LogP contribution < -0.4 is 0 Å². The summed E-state index contributed by atoms with van der Waals surface area (Å²) in [7, 11) is -2.98. The summed E-state index contributed by atoms with van der Waals surface area (Å²) in [6.07, 6.45) is 0.703. The zero-order chi connectivity index (χ0) is 16.0. The second kappa shape index (κ2) is 5.49.